The molecule has 8 heteroatoms. The van der Waals surface area contributed by atoms with E-state index in [1.54, 1.807) is 0 Å². The Kier molecular flexibility index (Phi) is 22.9. The molecule has 0 saturated heterocycles. The zero-order valence-corrected chi connectivity index (χ0v) is 22.6. The van der Waals surface area contributed by atoms with Crippen molar-refractivity contribution in [3.63, 3.8) is 0 Å². The first-order chi connectivity index (χ1) is 15.5. The third-order valence-electron chi connectivity index (χ3n) is 6.64. The fourth-order valence-electron chi connectivity index (χ4n) is 4.25. The first-order valence-corrected chi connectivity index (χ1v) is 14.1. The molecule has 0 aromatic heterocycles. The summed E-state index contributed by atoms with van der Waals surface area (Å²) < 4.78 is 0. The number of aliphatic hydroxyl groups excluding tert-OH is 3. The van der Waals surface area contributed by atoms with Crippen LogP contribution in [-0.2, 0) is 0 Å². The van der Waals surface area contributed by atoms with Crippen molar-refractivity contribution in [1.29, 1.82) is 0 Å². The summed E-state index contributed by atoms with van der Waals surface area (Å²) in [6.07, 6.45) is 14.7. The van der Waals surface area contributed by atoms with E-state index in [1.807, 2.05) is 0 Å². The fraction of sp³-hybridized carbons (Fsp3) is 1.00. The van der Waals surface area contributed by atoms with Crippen LogP contribution in [0.3, 0.4) is 0 Å². The summed E-state index contributed by atoms with van der Waals surface area (Å²) in [5.74, 6) is 1.51. The molecule has 0 aromatic carbocycles. The van der Waals surface area contributed by atoms with Gasteiger partial charge in [0.1, 0.15) is 0 Å². The molecule has 0 aliphatic rings. The minimum Gasteiger partial charge on any atom is -0.395 e. The normalized spacial score (nSPS) is 12.5. The number of hydrogen-bond donors (Lipinski definition) is 7. The number of hydrogen-bond acceptors (Lipinski definition) is 7. The summed E-state index contributed by atoms with van der Waals surface area (Å²) in [7, 11) is -2.62. The van der Waals surface area contributed by atoms with Gasteiger partial charge >= 0.3 is 8.60 Å². The average molecular weight is 499 g/mol. The molecule has 0 rings (SSSR count). The molecule has 0 spiro atoms. The molecule has 0 unspecified atom stereocenters. The maximum Gasteiger partial charge on any atom is 0.324 e. The van der Waals surface area contributed by atoms with Crippen LogP contribution in [0.2, 0.25) is 0 Å². The highest BCUT2D eigenvalue weighted by molar-refractivity contribution is 7.38. The van der Waals surface area contributed by atoms with Crippen molar-refractivity contribution in [2.45, 2.75) is 123 Å². The second-order valence-corrected chi connectivity index (χ2v) is 11.0. The van der Waals surface area contributed by atoms with Crippen LogP contribution < -0.4 is 0 Å². The standard InChI is InChI=1S/C25H52O4.H3O3P/c1-22(2)15-11-7-5-9-13-17-25(29,24(19-26,20-27)21-28)18-14-10-6-8-12-16-23(3)4;1-4(2)3/h22-23,26-29H,5-21H2,1-4H3;1-3H. The highest BCUT2D eigenvalue weighted by Crippen LogP contribution is 2.39. The Morgan fingerprint density at radius 3 is 1.09 bits per heavy atom. The molecule has 0 heterocycles. The first-order valence-electron chi connectivity index (χ1n) is 12.9. The van der Waals surface area contributed by atoms with Crippen molar-refractivity contribution in [2.75, 3.05) is 19.8 Å². The van der Waals surface area contributed by atoms with Crippen molar-refractivity contribution in [2.24, 2.45) is 17.3 Å². The second kappa shape index (κ2) is 21.4. The topological polar surface area (TPSA) is 142 Å². The van der Waals surface area contributed by atoms with Crippen molar-refractivity contribution in [3.8, 4) is 0 Å². The van der Waals surface area contributed by atoms with Gasteiger partial charge in [-0.25, -0.2) is 0 Å². The van der Waals surface area contributed by atoms with Crippen LogP contribution in [0.5, 0.6) is 0 Å². The molecule has 0 aliphatic carbocycles. The van der Waals surface area contributed by atoms with Crippen LogP contribution in [0.15, 0.2) is 0 Å². The van der Waals surface area contributed by atoms with Gasteiger partial charge in [-0.1, -0.05) is 105 Å². The van der Waals surface area contributed by atoms with Crippen molar-refractivity contribution in [1.82, 2.24) is 0 Å². The molecular weight excluding hydrogens is 443 g/mol. The predicted molar refractivity (Wildman–Crippen MR) is 137 cm³/mol. The largest absolute Gasteiger partial charge is 0.395 e. The summed E-state index contributed by atoms with van der Waals surface area (Å²) in [5.41, 5.74) is -2.43. The van der Waals surface area contributed by atoms with Gasteiger partial charge in [0, 0.05) is 0 Å². The SMILES string of the molecule is CC(C)CCCCCCCC(O)(CCCCCCCC(C)C)C(CO)(CO)CO.OP(O)O. The maximum atomic E-state index is 11.4. The second-order valence-electron chi connectivity index (χ2n) is 10.5. The van der Waals surface area contributed by atoms with Crippen LogP contribution in [0.1, 0.15) is 118 Å². The first kappa shape index (κ1) is 35.3. The molecule has 7 N–H and O–H groups in total. The highest BCUT2D eigenvalue weighted by atomic mass is 31.2. The molecule has 0 amide bonds. The van der Waals surface area contributed by atoms with E-state index in [-0.39, 0.29) is 19.8 Å². The summed E-state index contributed by atoms with van der Waals surface area (Å²) in [4.78, 5) is 21.7. The maximum absolute atomic E-state index is 11.4. The molecule has 0 aliphatic heterocycles. The lowest BCUT2D eigenvalue weighted by Gasteiger charge is -2.44. The van der Waals surface area contributed by atoms with Crippen LogP contribution in [-0.4, -0.2) is 60.5 Å². The molecule has 0 atom stereocenters. The molecule has 0 saturated carbocycles. The zero-order chi connectivity index (χ0) is 25.8. The van der Waals surface area contributed by atoms with E-state index >= 15 is 0 Å². The van der Waals surface area contributed by atoms with E-state index < -0.39 is 19.6 Å². The van der Waals surface area contributed by atoms with E-state index in [4.69, 9.17) is 14.7 Å². The van der Waals surface area contributed by atoms with Crippen LogP contribution in [0.4, 0.5) is 0 Å². The van der Waals surface area contributed by atoms with Gasteiger partial charge in [0.25, 0.3) is 0 Å². The quantitative estimate of drug-likeness (QED) is 0.0957. The van der Waals surface area contributed by atoms with Gasteiger partial charge < -0.3 is 35.1 Å². The number of unbranched alkanes of at least 4 members (excludes halogenated alkanes) is 8. The fourth-order valence-corrected chi connectivity index (χ4v) is 4.25. The van der Waals surface area contributed by atoms with Crippen molar-refractivity contribution < 1.29 is 35.1 Å². The molecule has 0 aromatic rings. The number of aliphatic hydroxyl groups is 4. The minimum atomic E-state index is -2.62. The van der Waals surface area contributed by atoms with Gasteiger partial charge in [0.2, 0.25) is 0 Å². The van der Waals surface area contributed by atoms with E-state index in [1.165, 1.54) is 38.5 Å². The predicted octanol–water partition coefficient (Wildman–Crippen LogP) is 4.64. The third-order valence-corrected chi connectivity index (χ3v) is 6.64. The smallest absolute Gasteiger partial charge is 0.324 e. The molecular formula is C25H55O7P. The van der Waals surface area contributed by atoms with Crippen molar-refractivity contribution in [3.05, 3.63) is 0 Å². The monoisotopic (exact) mass is 498 g/mol. The summed E-state index contributed by atoms with van der Waals surface area (Å²) >= 11 is 0. The van der Waals surface area contributed by atoms with Gasteiger partial charge in [-0.15, -0.1) is 0 Å². The van der Waals surface area contributed by atoms with E-state index in [0.29, 0.717) is 12.8 Å². The van der Waals surface area contributed by atoms with E-state index in [0.717, 1.165) is 50.4 Å². The molecule has 0 fully saturated rings. The third kappa shape index (κ3) is 18.1. The Bertz CT molecular complexity index is 383. The van der Waals surface area contributed by atoms with Crippen LogP contribution >= 0.6 is 8.60 Å². The van der Waals surface area contributed by atoms with Gasteiger partial charge in [0.05, 0.1) is 30.8 Å². The molecule has 7 nitrogen and oxygen atoms in total. The lowest BCUT2D eigenvalue weighted by atomic mass is 9.68. The van der Waals surface area contributed by atoms with E-state index in [2.05, 4.69) is 27.7 Å². The summed E-state index contributed by atoms with van der Waals surface area (Å²) in [6.45, 7) is 7.84. The Morgan fingerprint density at radius 2 is 0.818 bits per heavy atom. The zero-order valence-electron chi connectivity index (χ0n) is 21.8. The Labute approximate surface area is 204 Å². The lowest BCUT2D eigenvalue weighted by Crippen LogP contribution is -2.55. The van der Waals surface area contributed by atoms with Gasteiger partial charge in [-0.2, -0.15) is 0 Å². The van der Waals surface area contributed by atoms with Crippen LogP contribution in [0.25, 0.3) is 0 Å². The van der Waals surface area contributed by atoms with Crippen molar-refractivity contribution >= 4 is 8.60 Å². The molecule has 33 heavy (non-hydrogen) atoms. The Morgan fingerprint density at radius 1 is 0.545 bits per heavy atom. The average Bonchev–Trinajstić information content (AvgIpc) is 2.73. The minimum absolute atomic E-state index is 0.390. The van der Waals surface area contributed by atoms with Gasteiger partial charge in [0.15, 0.2) is 0 Å². The van der Waals surface area contributed by atoms with Gasteiger partial charge in [-0.3, -0.25) is 0 Å². The molecule has 202 valence electrons. The van der Waals surface area contributed by atoms with Crippen LogP contribution in [0, 0.1) is 17.3 Å². The Hall–Kier alpha value is 0.150. The molecule has 0 bridgehead atoms. The summed E-state index contributed by atoms with van der Waals surface area (Å²) in [5, 5.41) is 41.0. The van der Waals surface area contributed by atoms with Gasteiger partial charge in [-0.05, 0) is 24.7 Å². The Balaban J connectivity index is 0. The molecule has 0 radical (unpaired) electrons. The summed E-state index contributed by atoms with van der Waals surface area (Å²) in [6, 6.07) is 0. The highest BCUT2D eigenvalue weighted by Gasteiger charge is 2.48. The van der Waals surface area contributed by atoms with E-state index in [9.17, 15) is 20.4 Å². The number of rotatable bonds is 20. The lowest BCUT2D eigenvalue weighted by molar-refractivity contribution is -0.162.